The number of esters is 1. The molecule has 1 aromatic heterocycles. The zero-order valence-corrected chi connectivity index (χ0v) is 13.8. The van der Waals surface area contributed by atoms with Gasteiger partial charge >= 0.3 is 5.97 Å². The third-order valence-corrected chi connectivity index (χ3v) is 3.69. The third-order valence-electron chi connectivity index (χ3n) is 3.18. The number of methoxy groups -OCH3 is 1. The van der Waals surface area contributed by atoms with Crippen LogP contribution >= 0.6 is 15.9 Å². The normalized spacial score (nSPS) is 11.8. The number of nitrogens with zero attached hydrogens (tertiary/aromatic N) is 2. The van der Waals surface area contributed by atoms with E-state index in [2.05, 4.69) is 26.3 Å². The molecule has 22 heavy (non-hydrogen) atoms. The zero-order valence-electron chi connectivity index (χ0n) is 12.2. The van der Waals surface area contributed by atoms with Gasteiger partial charge < -0.3 is 10.1 Å². The molecule has 0 aliphatic carbocycles. The van der Waals surface area contributed by atoms with E-state index in [0.717, 1.165) is 5.56 Å². The minimum Gasteiger partial charge on any atom is -0.464 e. The van der Waals surface area contributed by atoms with Crippen LogP contribution in [0.15, 0.2) is 36.5 Å². The number of alkyl halides is 1. The number of aromatic nitrogens is 2. The molecular formula is C15H16BrN3O3. The monoisotopic (exact) mass is 365 g/mol. The van der Waals surface area contributed by atoms with E-state index in [-0.39, 0.29) is 23.0 Å². The molecule has 1 unspecified atom stereocenters. The van der Waals surface area contributed by atoms with Crippen LogP contribution in [0.4, 0.5) is 5.69 Å². The summed E-state index contributed by atoms with van der Waals surface area (Å²) in [6.07, 6.45) is 1.63. The first kappa shape index (κ1) is 16.2. The molecule has 0 saturated carbocycles. The molecule has 7 heteroatoms. The van der Waals surface area contributed by atoms with Crippen LogP contribution in [0.5, 0.6) is 0 Å². The summed E-state index contributed by atoms with van der Waals surface area (Å²) < 4.78 is 6.34. The summed E-state index contributed by atoms with van der Waals surface area (Å²) in [5, 5.41) is 7.02. The minimum absolute atomic E-state index is 0.0829. The molecule has 0 aliphatic heterocycles. The van der Waals surface area contributed by atoms with Gasteiger partial charge in [-0.15, -0.1) is 0 Å². The fraction of sp³-hybridized carbons (Fsp3) is 0.267. The SMILES string of the molecule is COC(=O)c1nn(C(C)c2ccccc2)cc1NC(=O)CBr. The predicted octanol–water partition coefficient (Wildman–Crippen LogP) is 2.61. The van der Waals surface area contributed by atoms with Gasteiger partial charge in [-0.25, -0.2) is 4.79 Å². The highest BCUT2D eigenvalue weighted by molar-refractivity contribution is 9.09. The Morgan fingerprint density at radius 1 is 1.36 bits per heavy atom. The Kier molecular flexibility index (Phi) is 5.32. The molecule has 1 N–H and O–H groups in total. The number of ether oxygens (including phenoxy) is 1. The number of carbonyl (C=O) groups is 2. The summed E-state index contributed by atoms with van der Waals surface area (Å²) in [6, 6.07) is 9.66. The van der Waals surface area contributed by atoms with E-state index in [4.69, 9.17) is 4.74 Å². The van der Waals surface area contributed by atoms with Gasteiger partial charge in [0.2, 0.25) is 5.91 Å². The molecular weight excluding hydrogens is 350 g/mol. The average molecular weight is 366 g/mol. The van der Waals surface area contributed by atoms with Crippen LogP contribution in [0.1, 0.15) is 29.0 Å². The standard InChI is InChI=1S/C15H16BrN3O3/c1-10(11-6-4-3-5-7-11)19-9-12(17-13(20)8-16)14(18-19)15(21)22-2/h3-7,9-10H,8H2,1-2H3,(H,17,20). The smallest absolute Gasteiger partial charge is 0.360 e. The van der Waals surface area contributed by atoms with E-state index in [0.29, 0.717) is 5.69 Å². The number of hydrogen-bond acceptors (Lipinski definition) is 4. The molecule has 1 aromatic carbocycles. The predicted molar refractivity (Wildman–Crippen MR) is 86.2 cm³/mol. The number of rotatable bonds is 5. The fourth-order valence-electron chi connectivity index (χ4n) is 2.00. The first-order valence-corrected chi connectivity index (χ1v) is 7.77. The molecule has 6 nitrogen and oxygen atoms in total. The van der Waals surface area contributed by atoms with Crippen molar-refractivity contribution in [1.29, 1.82) is 0 Å². The van der Waals surface area contributed by atoms with Crippen molar-refractivity contribution in [1.82, 2.24) is 9.78 Å². The molecule has 0 bridgehead atoms. The number of amides is 1. The lowest BCUT2D eigenvalue weighted by Gasteiger charge is -2.12. The van der Waals surface area contributed by atoms with Crippen LogP contribution in [0.3, 0.4) is 0 Å². The van der Waals surface area contributed by atoms with E-state index in [1.807, 2.05) is 37.3 Å². The molecule has 2 rings (SSSR count). The Morgan fingerprint density at radius 2 is 2.05 bits per heavy atom. The van der Waals surface area contributed by atoms with Crippen LogP contribution in [0.25, 0.3) is 0 Å². The van der Waals surface area contributed by atoms with Gasteiger partial charge in [-0.1, -0.05) is 46.3 Å². The molecule has 2 aromatic rings. The number of carbonyl (C=O) groups excluding carboxylic acids is 2. The van der Waals surface area contributed by atoms with Crippen LogP contribution in [-0.2, 0) is 9.53 Å². The van der Waals surface area contributed by atoms with Crippen molar-refractivity contribution in [3.05, 3.63) is 47.8 Å². The third kappa shape index (κ3) is 3.54. The van der Waals surface area contributed by atoms with Gasteiger partial charge in [0.05, 0.1) is 30.4 Å². The van der Waals surface area contributed by atoms with Crippen molar-refractivity contribution in [2.75, 3.05) is 17.8 Å². The Hall–Kier alpha value is -2.15. The van der Waals surface area contributed by atoms with Gasteiger partial charge in [0.25, 0.3) is 0 Å². The van der Waals surface area contributed by atoms with Gasteiger partial charge in [-0.2, -0.15) is 5.10 Å². The Morgan fingerprint density at radius 3 is 2.64 bits per heavy atom. The second-order valence-electron chi connectivity index (χ2n) is 4.63. The summed E-state index contributed by atoms with van der Waals surface area (Å²) in [7, 11) is 1.28. The lowest BCUT2D eigenvalue weighted by Crippen LogP contribution is -2.15. The second kappa shape index (κ2) is 7.22. The summed E-state index contributed by atoms with van der Waals surface area (Å²) in [5.41, 5.74) is 1.46. The first-order chi connectivity index (χ1) is 10.6. The van der Waals surface area contributed by atoms with E-state index >= 15 is 0 Å². The molecule has 0 spiro atoms. The molecule has 1 amide bonds. The highest BCUT2D eigenvalue weighted by atomic mass is 79.9. The van der Waals surface area contributed by atoms with E-state index in [1.54, 1.807) is 10.9 Å². The molecule has 0 saturated heterocycles. The highest BCUT2D eigenvalue weighted by Gasteiger charge is 2.21. The van der Waals surface area contributed by atoms with Crippen LogP contribution in [0.2, 0.25) is 0 Å². The van der Waals surface area contributed by atoms with Crippen molar-refractivity contribution >= 4 is 33.5 Å². The van der Waals surface area contributed by atoms with Gasteiger partial charge in [0.1, 0.15) is 0 Å². The number of nitrogens with one attached hydrogen (secondary N) is 1. The molecule has 0 radical (unpaired) electrons. The van der Waals surface area contributed by atoms with Gasteiger partial charge in [0.15, 0.2) is 5.69 Å². The average Bonchev–Trinajstić information content (AvgIpc) is 2.97. The fourth-order valence-corrected chi connectivity index (χ4v) is 2.14. The summed E-state index contributed by atoms with van der Waals surface area (Å²) in [4.78, 5) is 23.4. The number of anilines is 1. The van der Waals surface area contributed by atoms with Crippen molar-refractivity contribution in [2.24, 2.45) is 0 Å². The maximum atomic E-state index is 11.8. The Bertz CT molecular complexity index is 670. The quantitative estimate of drug-likeness (QED) is 0.652. The van der Waals surface area contributed by atoms with E-state index in [9.17, 15) is 9.59 Å². The lowest BCUT2D eigenvalue weighted by molar-refractivity contribution is -0.113. The number of halogens is 1. The minimum atomic E-state index is -0.594. The van der Waals surface area contributed by atoms with Crippen molar-refractivity contribution < 1.29 is 14.3 Å². The van der Waals surface area contributed by atoms with Crippen molar-refractivity contribution in [3.63, 3.8) is 0 Å². The summed E-state index contributed by atoms with van der Waals surface area (Å²) in [5.74, 6) is -0.860. The molecule has 0 aliphatic rings. The van der Waals surface area contributed by atoms with Crippen LogP contribution < -0.4 is 5.32 Å². The highest BCUT2D eigenvalue weighted by Crippen LogP contribution is 2.22. The Balaban J connectivity index is 2.37. The summed E-state index contributed by atoms with van der Waals surface area (Å²) >= 11 is 3.07. The second-order valence-corrected chi connectivity index (χ2v) is 5.19. The van der Waals surface area contributed by atoms with Crippen molar-refractivity contribution in [3.8, 4) is 0 Å². The summed E-state index contributed by atoms with van der Waals surface area (Å²) in [6.45, 7) is 1.96. The first-order valence-electron chi connectivity index (χ1n) is 6.65. The van der Waals surface area contributed by atoms with Gasteiger partial charge in [0, 0.05) is 0 Å². The van der Waals surface area contributed by atoms with Crippen LogP contribution in [-0.4, -0.2) is 34.1 Å². The van der Waals surface area contributed by atoms with Crippen LogP contribution in [0, 0.1) is 0 Å². The van der Waals surface area contributed by atoms with E-state index in [1.165, 1.54) is 7.11 Å². The largest absolute Gasteiger partial charge is 0.464 e. The Labute approximate surface area is 136 Å². The number of benzene rings is 1. The zero-order chi connectivity index (χ0) is 16.1. The molecule has 116 valence electrons. The maximum Gasteiger partial charge on any atom is 0.360 e. The topological polar surface area (TPSA) is 73.2 Å². The molecule has 0 fully saturated rings. The molecule has 1 heterocycles. The van der Waals surface area contributed by atoms with Gasteiger partial charge in [-0.05, 0) is 12.5 Å². The maximum absolute atomic E-state index is 11.8. The van der Waals surface area contributed by atoms with Crippen molar-refractivity contribution in [2.45, 2.75) is 13.0 Å². The number of hydrogen-bond donors (Lipinski definition) is 1. The lowest BCUT2D eigenvalue weighted by atomic mass is 10.1. The van der Waals surface area contributed by atoms with Gasteiger partial charge in [-0.3, -0.25) is 9.48 Å². The molecule has 1 atom stereocenters. The van der Waals surface area contributed by atoms with E-state index < -0.39 is 5.97 Å².